The van der Waals surface area contributed by atoms with Crippen molar-refractivity contribution in [1.82, 2.24) is 0 Å². The summed E-state index contributed by atoms with van der Waals surface area (Å²) < 4.78 is 23.3. The molecule has 0 amide bonds. The summed E-state index contributed by atoms with van der Waals surface area (Å²) in [6, 6.07) is 0. The second-order valence-electron chi connectivity index (χ2n) is 5.67. The highest BCUT2D eigenvalue weighted by atomic mass is 16.7. The first kappa shape index (κ1) is 11.8. The van der Waals surface area contributed by atoms with Crippen molar-refractivity contribution in [3.63, 3.8) is 0 Å². The molecule has 0 bridgehead atoms. The lowest BCUT2D eigenvalue weighted by Crippen LogP contribution is -2.41. The molecule has 4 heteroatoms. The smallest absolute Gasteiger partial charge is 0.278 e. The summed E-state index contributed by atoms with van der Waals surface area (Å²) in [4.78, 5) is 0. The van der Waals surface area contributed by atoms with E-state index >= 15 is 0 Å². The van der Waals surface area contributed by atoms with Gasteiger partial charge in [0.2, 0.25) is 0 Å². The van der Waals surface area contributed by atoms with Gasteiger partial charge < -0.3 is 18.9 Å². The maximum atomic E-state index is 5.84. The molecule has 18 heavy (non-hydrogen) atoms. The molecule has 0 aromatic heterocycles. The van der Waals surface area contributed by atoms with Crippen LogP contribution in [0.25, 0.3) is 0 Å². The van der Waals surface area contributed by atoms with Crippen LogP contribution in [0.2, 0.25) is 0 Å². The molecule has 3 rings (SSSR count). The lowest BCUT2D eigenvalue weighted by molar-refractivity contribution is 0.00578. The van der Waals surface area contributed by atoms with E-state index in [0.29, 0.717) is 11.9 Å². The SMILES string of the molecule is CC(C)=C1OC2CC3OC(=C(C)C)OC3CC2O1. The van der Waals surface area contributed by atoms with Gasteiger partial charge in [-0.1, -0.05) is 0 Å². The summed E-state index contributed by atoms with van der Waals surface area (Å²) in [5, 5.41) is 0. The maximum Gasteiger partial charge on any atom is 0.278 e. The van der Waals surface area contributed by atoms with Gasteiger partial charge in [0, 0.05) is 24.0 Å². The van der Waals surface area contributed by atoms with Crippen molar-refractivity contribution in [3.05, 3.63) is 23.0 Å². The zero-order valence-electron chi connectivity index (χ0n) is 11.4. The van der Waals surface area contributed by atoms with Crippen molar-refractivity contribution >= 4 is 0 Å². The van der Waals surface area contributed by atoms with Gasteiger partial charge in [0.1, 0.15) is 24.4 Å². The Labute approximate surface area is 108 Å². The third-order valence-corrected chi connectivity index (χ3v) is 3.61. The largest absolute Gasteiger partial charge is 0.458 e. The zero-order chi connectivity index (χ0) is 12.9. The molecule has 0 aromatic rings. The molecule has 0 spiro atoms. The van der Waals surface area contributed by atoms with Crippen LogP contribution < -0.4 is 0 Å². The second-order valence-corrected chi connectivity index (χ2v) is 5.67. The van der Waals surface area contributed by atoms with Gasteiger partial charge in [-0.3, -0.25) is 0 Å². The van der Waals surface area contributed by atoms with Gasteiger partial charge in [0.15, 0.2) is 0 Å². The van der Waals surface area contributed by atoms with Crippen molar-refractivity contribution in [1.29, 1.82) is 0 Å². The van der Waals surface area contributed by atoms with Crippen molar-refractivity contribution in [2.45, 2.75) is 65.0 Å². The van der Waals surface area contributed by atoms with Crippen LogP contribution >= 0.6 is 0 Å². The van der Waals surface area contributed by atoms with Gasteiger partial charge in [-0.05, 0) is 27.7 Å². The predicted octanol–water partition coefficient (Wildman–Crippen LogP) is 2.85. The Morgan fingerprint density at radius 2 is 0.944 bits per heavy atom. The highest BCUT2D eigenvalue weighted by Gasteiger charge is 2.49. The third-order valence-electron chi connectivity index (χ3n) is 3.61. The van der Waals surface area contributed by atoms with Crippen LogP contribution in [-0.4, -0.2) is 24.4 Å². The van der Waals surface area contributed by atoms with Gasteiger partial charge in [-0.25, -0.2) is 0 Å². The van der Waals surface area contributed by atoms with Gasteiger partial charge >= 0.3 is 0 Å². The predicted molar refractivity (Wildman–Crippen MR) is 65.5 cm³/mol. The average molecular weight is 252 g/mol. The molecule has 3 fully saturated rings. The van der Waals surface area contributed by atoms with Crippen LogP contribution in [-0.2, 0) is 18.9 Å². The van der Waals surface area contributed by atoms with E-state index in [0.717, 1.165) is 24.0 Å². The second kappa shape index (κ2) is 4.11. The summed E-state index contributed by atoms with van der Waals surface area (Å²) in [7, 11) is 0. The van der Waals surface area contributed by atoms with E-state index in [1.54, 1.807) is 0 Å². The maximum absolute atomic E-state index is 5.84. The summed E-state index contributed by atoms with van der Waals surface area (Å²) >= 11 is 0. The summed E-state index contributed by atoms with van der Waals surface area (Å²) in [5.74, 6) is 1.37. The van der Waals surface area contributed by atoms with Crippen LogP contribution in [0.4, 0.5) is 0 Å². The first-order chi connectivity index (χ1) is 8.54. The number of hydrogen-bond acceptors (Lipinski definition) is 4. The van der Waals surface area contributed by atoms with Crippen molar-refractivity contribution in [3.8, 4) is 0 Å². The molecule has 2 aliphatic heterocycles. The van der Waals surface area contributed by atoms with E-state index in [-0.39, 0.29) is 24.4 Å². The summed E-state index contributed by atoms with van der Waals surface area (Å²) in [6.07, 6.45) is 2.10. The van der Waals surface area contributed by atoms with Gasteiger partial charge in [-0.15, -0.1) is 0 Å². The van der Waals surface area contributed by atoms with E-state index in [9.17, 15) is 0 Å². The summed E-state index contributed by atoms with van der Waals surface area (Å²) in [5.41, 5.74) is 2.17. The van der Waals surface area contributed by atoms with Crippen molar-refractivity contribution in [2.24, 2.45) is 0 Å². The number of allylic oxidation sites excluding steroid dienone is 2. The van der Waals surface area contributed by atoms with Gasteiger partial charge in [0.25, 0.3) is 11.9 Å². The Bertz CT molecular complexity index is 352. The van der Waals surface area contributed by atoms with Crippen LogP contribution in [0.5, 0.6) is 0 Å². The molecule has 0 N–H and O–H groups in total. The minimum absolute atomic E-state index is 0.108. The molecule has 100 valence electrons. The Balaban J connectivity index is 1.74. The molecule has 0 aromatic carbocycles. The van der Waals surface area contributed by atoms with Crippen molar-refractivity contribution in [2.75, 3.05) is 0 Å². The van der Waals surface area contributed by atoms with E-state index in [1.165, 1.54) is 0 Å². The number of hydrogen-bond donors (Lipinski definition) is 0. The average Bonchev–Trinajstić information content (AvgIpc) is 2.87. The van der Waals surface area contributed by atoms with Gasteiger partial charge in [0.05, 0.1) is 0 Å². The fraction of sp³-hybridized carbons (Fsp3) is 0.714. The Hall–Kier alpha value is -1.32. The first-order valence-corrected chi connectivity index (χ1v) is 6.56. The molecule has 3 aliphatic rings. The lowest BCUT2D eigenvalue weighted by Gasteiger charge is -2.27. The molecule has 2 saturated heterocycles. The Morgan fingerprint density at radius 1 is 0.667 bits per heavy atom. The Morgan fingerprint density at radius 3 is 1.17 bits per heavy atom. The monoisotopic (exact) mass is 252 g/mol. The molecular weight excluding hydrogens is 232 g/mol. The third kappa shape index (κ3) is 1.84. The van der Waals surface area contributed by atoms with E-state index < -0.39 is 0 Å². The van der Waals surface area contributed by atoms with E-state index in [2.05, 4.69) is 0 Å². The van der Waals surface area contributed by atoms with Crippen LogP contribution in [0, 0.1) is 0 Å². The first-order valence-electron chi connectivity index (χ1n) is 6.56. The lowest BCUT2D eigenvalue weighted by atomic mass is 9.90. The molecule has 2 heterocycles. The van der Waals surface area contributed by atoms with Gasteiger partial charge in [-0.2, -0.15) is 0 Å². The minimum Gasteiger partial charge on any atom is -0.458 e. The number of fused-ring (bicyclic) bond motifs is 2. The minimum atomic E-state index is 0.108. The fourth-order valence-electron chi connectivity index (χ4n) is 2.64. The molecule has 1 aliphatic carbocycles. The summed E-state index contributed by atoms with van der Waals surface area (Å²) in [6.45, 7) is 8.01. The zero-order valence-corrected chi connectivity index (χ0v) is 11.4. The molecule has 1 saturated carbocycles. The van der Waals surface area contributed by atoms with E-state index in [1.807, 2.05) is 27.7 Å². The van der Waals surface area contributed by atoms with Crippen LogP contribution in [0.3, 0.4) is 0 Å². The molecule has 4 nitrogen and oxygen atoms in total. The van der Waals surface area contributed by atoms with Crippen molar-refractivity contribution < 1.29 is 18.9 Å². The standard InChI is InChI=1S/C14H20O4/c1-7(2)13-15-9-5-11-12(6-10(9)16-13)18-14(17-11)8(3)4/h9-12H,5-6H2,1-4H3. The topological polar surface area (TPSA) is 36.9 Å². The molecular formula is C14H20O4. The number of ether oxygens (including phenoxy) is 4. The quantitative estimate of drug-likeness (QED) is 0.664. The van der Waals surface area contributed by atoms with Crippen LogP contribution in [0.15, 0.2) is 23.0 Å². The Kier molecular flexibility index (Phi) is 2.68. The van der Waals surface area contributed by atoms with Crippen LogP contribution in [0.1, 0.15) is 40.5 Å². The molecule has 4 unspecified atom stereocenters. The fourth-order valence-corrected chi connectivity index (χ4v) is 2.64. The molecule has 4 atom stereocenters. The normalized spacial score (nSPS) is 36.9. The highest BCUT2D eigenvalue weighted by Crippen LogP contribution is 2.41. The molecule has 0 radical (unpaired) electrons. The number of rotatable bonds is 0. The highest BCUT2D eigenvalue weighted by molar-refractivity contribution is 5.08. The van der Waals surface area contributed by atoms with E-state index in [4.69, 9.17) is 18.9 Å².